The van der Waals surface area contributed by atoms with Gasteiger partial charge in [-0.1, -0.05) is 0 Å². The zero-order chi connectivity index (χ0) is 13.2. The van der Waals surface area contributed by atoms with Crippen LogP contribution in [0.1, 0.15) is 10.6 Å². The molecule has 0 unspecified atom stereocenters. The summed E-state index contributed by atoms with van der Waals surface area (Å²) in [7, 11) is 0. The maximum Gasteiger partial charge on any atom is 0.240 e. The van der Waals surface area contributed by atoms with E-state index in [1.54, 1.807) is 22.7 Å². The van der Waals surface area contributed by atoms with E-state index < -0.39 is 0 Å². The van der Waals surface area contributed by atoms with Gasteiger partial charge in [-0.15, -0.1) is 22.7 Å². The third-order valence-corrected chi connectivity index (χ3v) is 4.15. The smallest absolute Gasteiger partial charge is 0.240 e. The van der Waals surface area contributed by atoms with Crippen LogP contribution in [0.15, 0.2) is 17.0 Å². The van der Waals surface area contributed by atoms with E-state index >= 15 is 0 Å². The molecule has 0 aliphatic rings. The number of nitrogens with zero attached hydrogens (tertiary/aromatic N) is 3. The Morgan fingerprint density at radius 2 is 2.26 bits per heavy atom. The van der Waals surface area contributed by atoms with Gasteiger partial charge in [-0.25, -0.2) is 15.8 Å². The largest absolute Gasteiger partial charge is 0.364 e. The normalized spacial score (nSPS) is 10.8. The van der Waals surface area contributed by atoms with Gasteiger partial charge in [0.05, 0.1) is 23.1 Å². The lowest BCUT2D eigenvalue weighted by Crippen LogP contribution is -2.12. The second kappa shape index (κ2) is 5.08. The average molecular weight is 292 g/mol. The van der Waals surface area contributed by atoms with Crippen LogP contribution < -0.4 is 16.6 Å². The van der Waals surface area contributed by atoms with Gasteiger partial charge in [0.25, 0.3) is 0 Å². The maximum absolute atomic E-state index is 5.40. The van der Waals surface area contributed by atoms with Gasteiger partial charge in [0, 0.05) is 10.3 Å². The molecule has 0 saturated carbocycles. The number of nitrogen functional groups attached to an aromatic ring is 1. The molecule has 0 bridgehead atoms. The van der Waals surface area contributed by atoms with Crippen LogP contribution in [0.25, 0.3) is 10.2 Å². The Kier molecular flexibility index (Phi) is 3.28. The molecule has 98 valence electrons. The third kappa shape index (κ3) is 2.50. The number of thiazole rings is 1. The standard InChI is InChI=1S/C11H12N6S2/c1-6-2-8-9(13-3-7-4-18-5-14-7)15-11(17-12)16-10(8)19-6/h2,4-5H,3,12H2,1H3,(H2,13,15,16,17). The topological polar surface area (TPSA) is 88.8 Å². The van der Waals surface area contributed by atoms with Crippen molar-refractivity contribution in [2.45, 2.75) is 13.5 Å². The van der Waals surface area contributed by atoms with Gasteiger partial charge in [-0.05, 0) is 13.0 Å². The van der Waals surface area contributed by atoms with Gasteiger partial charge in [-0.3, -0.25) is 5.43 Å². The first-order chi connectivity index (χ1) is 9.26. The van der Waals surface area contributed by atoms with Gasteiger partial charge in [-0.2, -0.15) is 4.98 Å². The van der Waals surface area contributed by atoms with Crippen LogP contribution in [0.3, 0.4) is 0 Å². The molecule has 8 heteroatoms. The summed E-state index contributed by atoms with van der Waals surface area (Å²) in [6.07, 6.45) is 0. The monoisotopic (exact) mass is 292 g/mol. The number of anilines is 2. The summed E-state index contributed by atoms with van der Waals surface area (Å²) in [5.41, 5.74) is 5.30. The Bertz CT molecular complexity index is 691. The molecule has 3 heterocycles. The minimum atomic E-state index is 0.412. The van der Waals surface area contributed by atoms with E-state index in [2.05, 4.69) is 31.8 Å². The Morgan fingerprint density at radius 3 is 3.00 bits per heavy atom. The number of thiophene rings is 1. The summed E-state index contributed by atoms with van der Waals surface area (Å²) in [5, 5.41) is 6.30. The fraction of sp³-hybridized carbons (Fsp3) is 0.182. The van der Waals surface area contributed by atoms with E-state index in [0.717, 1.165) is 21.7 Å². The molecule has 0 aromatic carbocycles. The first kappa shape index (κ1) is 12.3. The van der Waals surface area contributed by atoms with Crippen LogP contribution in [-0.4, -0.2) is 15.0 Å². The van der Waals surface area contributed by atoms with Gasteiger partial charge < -0.3 is 5.32 Å². The van der Waals surface area contributed by atoms with Gasteiger partial charge in [0.15, 0.2) is 0 Å². The molecule has 0 aliphatic heterocycles. The van der Waals surface area contributed by atoms with Crippen LogP contribution in [0.5, 0.6) is 0 Å². The van der Waals surface area contributed by atoms with Crippen molar-refractivity contribution < 1.29 is 0 Å². The highest BCUT2D eigenvalue weighted by Crippen LogP contribution is 2.29. The molecule has 0 amide bonds. The Morgan fingerprint density at radius 1 is 1.37 bits per heavy atom. The van der Waals surface area contributed by atoms with Gasteiger partial charge in [0.1, 0.15) is 10.6 Å². The van der Waals surface area contributed by atoms with Crippen molar-refractivity contribution in [3.63, 3.8) is 0 Å². The molecule has 0 spiro atoms. The number of fused-ring (bicyclic) bond motifs is 1. The number of hydrazine groups is 1. The van der Waals surface area contributed by atoms with Crippen molar-refractivity contribution in [1.29, 1.82) is 0 Å². The lowest BCUT2D eigenvalue weighted by molar-refractivity contribution is 1.05. The highest BCUT2D eigenvalue weighted by atomic mass is 32.1. The molecule has 0 radical (unpaired) electrons. The first-order valence-electron chi connectivity index (χ1n) is 5.62. The molecule has 0 atom stereocenters. The first-order valence-corrected chi connectivity index (χ1v) is 7.38. The van der Waals surface area contributed by atoms with Crippen LogP contribution in [0.4, 0.5) is 11.8 Å². The molecule has 3 aromatic rings. The Hall–Kier alpha value is -1.77. The Balaban J connectivity index is 1.96. The fourth-order valence-corrected chi connectivity index (χ4v) is 3.18. The second-order valence-corrected chi connectivity index (χ2v) is 5.90. The summed E-state index contributed by atoms with van der Waals surface area (Å²) >= 11 is 3.19. The number of nitrogens with one attached hydrogen (secondary N) is 2. The third-order valence-electron chi connectivity index (χ3n) is 2.57. The van der Waals surface area contributed by atoms with Crippen molar-refractivity contribution in [3.8, 4) is 0 Å². The number of hydrogen-bond donors (Lipinski definition) is 3. The number of aryl methyl sites for hydroxylation is 1. The van der Waals surface area contributed by atoms with E-state index in [0.29, 0.717) is 12.5 Å². The minimum Gasteiger partial charge on any atom is -0.364 e. The predicted octanol–water partition coefficient (Wildman–Crippen LogP) is 2.35. The zero-order valence-corrected chi connectivity index (χ0v) is 11.8. The number of rotatable bonds is 4. The molecule has 0 fully saturated rings. The zero-order valence-electron chi connectivity index (χ0n) is 10.2. The van der Waals surface area contributed by atoms with Crippen LogP contribution in [0.2, 0.25) is 0 Å². The van der Waals surface area contributed by atoms with E-state index in [1.807, 2.05) is 17.8 Å². The van der Waals surface area contributed by atoms with Crippen molar-refractivity contribution in [2.75, 3.05) is 10.7 Å². The lowest BCUT2D eigenvalue weighted by atomic mass is 10.3. The maximum atomic E-state index is 5.40. The quantitative estimate of drug-likeness (QED) is 0.505. The van der Waals surface area contributed by atoms with Crippen molar-refractivity contribution in [3.05, 3.63) is 27.5 Å². The highest BCUT2D eigenvalue weighted by molar-refractivity contribution is 7.18. The van der Waals surface area contributed by atoms with Gasteiger partial charge >= 0.3 is 0 Å². The van der Waals surface area contributed by atoms with Crippen LogP contribution in [0, 0.1) is 6.92 Å². The number of hydrogen-bond acceptors (Lipinski definition) is 8. The highest BCUT2D eigenvalue weighted by Gasteiger charge is 2.10. The molecule has 3 aromatic heterocycles. The van der Waals surface area contributed by atoms with E-state index in [4.69, 9.17) is 5.84 Å². The van der Waals surface area contributed by atoms with E-state index in [9.17, 15) is 0 Å². The summed E-state index contributed by atoms with van der Waals surface area (Å²) in [5.74, 6) is 6.58. The molecule has 0 aliphatic carbocycles. The lowest BCUT2D eigenvalue weighted by Gasteiger charge is -2.07. The summed E-state index contributed by atoms with van der Waals surface area (Å²) in [4.78, 5) is 15.0. The molecular weight excluding hydrogens is 280 g/mol. The molecular formula is C11H12N6S2. The van der Waals surface area contributed by atoms with E-state index in [-0.39, 0.29) is 0 Å². The minimum absolute atomic E-state index is 0.412. The molecule has 6 nitrogen and oxygen atoms in total. The van der Waals surface area contributed by atoms with E-state index in [1.165, 1.54) is 4.88 Å². The molecule has 19 heavy (non-hydrogen) atoms. The van der Waals surface area contributed by atoms with Crippen molar-refractivity contribution in [1.82, 2.24) is 15.0 Å². The summed E-state index contributed by atoms with van der Waals surface area (Å²) < 4.78 is 0. The predicted molar refractivity (Wildman–Crippen MR) is 79.4 cm³/mol. The van der Waals surface area contributed by atoms with Crippen LogP contribution >= 0.6 is 22.7 Å². The molecule has 3 rings (SSSR count). The second-order valence-electron chi connectivity index (χ2n) is 3.95. The van der Waals surface area contributed by atoms with Crippen molar-refractivity contribution in [2.24, 2.45) is 5.84 Å². The summed E-state index contributed by atoms with van der Waals surface area (Å²) in [6.45, 7) is 2.68. The van der Waals surface area contributed by atoms with Crippen LogP contribution in [-0.2, 0) is 6.54 Å². The number of aromatic nitrogens is 3. The number of nitrogens with two attached hydrogens (primary N) is 1. The Labute approximate surface area is 117 Å². The summed E-state index contributed by atoms with van der Waals surface area (Å²) in [6, 6.07) is 2.07. The average Bonchev–Trinajstić information content (AvgIpc) is 3.03. The molecule has 0 saturated heterocycles. The molecule has 4 N–H and O–H groups in total. The van der Waals surface area contributed by atoms with Gasteiger partial charge in [0.2, 0.25) is 5.95 Å². The fourth-order valence-electron chi connectivity index (χ4n) is 1.74. The van der Waals surface area contributed by atoms with Crippen molar-refractivity contribution >= 4 is 44.7 Å². The SMILES string of the molecule is Cc1cc2c(NCc3cscn3)nc(NN)nc2s1.